The van der Waals surface area contributed by atoms with Crippen molar-refractivity contribution in [3.8, 4) is 0 Å². The van der Waals surface area contributed by atoms with Gasteiger partial charge in [-0.1, -0.05) is 36.8 Å². The summed E-state index contributed by atoms with van der Waals surface area (Å²) in [6, 6.07) is 9.14. The topological polar surface area (TPSA) is 43.8 Å². The van der Waals surface area contributed by atoms with Crippen molar-refractivity contribution in [2.24, 2.45) is 0 Å². The molecule has 1 aliphatic rings. The molecule has 4 nitrogen and oxygen atoms in total. The van der Waals surface area contributed by atoms with Gasteiger partial charge in [-0.05, 0) is 45.0 Å². The summed E-state index contributed by atoms with van der Waals surface area (Å²) in [6.45, 7) is 8.23. The second kappa shape index (κ2) is 7.57. The first-order valence-electron chi connectivity index (χ1n) is 7.82. The average molecular weight is 290 g/mol. The van der Waals surface area contributed by atoms with E-state index in [1.807, 2.05) is 6.92 Å². The Morgan fingerprint density at radius 2 is 1.90 bits per heavy atom. The first-order chi connectivity index (χ1) is 10.1. The Bertz CT molecular complexity index is 450. The van der Waals surface area contributed by atoms with Crippen molar-refractivity contribution >= 4 is 5.97 Å². The lowest BCUT2D eigenvalue weighted by Gasteiger charge is -2.37. The summed E-state index contributed by atoms with van der Waals surface area (Å²) in [5, 5.41) is 8.96. The van der Waals surface area contributed by atoms with Crippen LogP contribution in [0.4, 0.5) is 0 Å². The number of nitrogens with zero attached hydrogens (tertiary/aromatic N) is 2. The number of benzene rings is 1. The number of carboxylic acids is 1. The summed E-state index contributed by atoms with van der Waals surface area (Å²) in [5.74, 6) is -0.723. The average Bonchev–Trinajstić information content (AvgIpc) is 2.48. The molecule has 0 amide bonds. The third kappa shape index (κ3) is 4.83. The molecule has 1 fully saturated rings. The highest BCUT2D eigenvalue weighted by Gasteiger charge is 2.24. The van der Waals surface area contributed by atoms with Crippen molar-refractivity contribution in [2.75, 3.05) is 26.2 Å². The van der Waals surface area contributed by atoms with Crippen LogP contribution in [0.15, 0.2) is 24.3 Å². The molecular weight excluding hydrogens is 264 g/mol. The second-order valence-corrected chi connectivity index (χ2v) is 5.95. The van der Waals surface area contributed by atoms with Crippen LogP contribution in [-0.4, -0.2) is 53.1 Å². The van der Waals surface area contributed by atoms with Gasteiger partial charge in [0.15, 0.2) is 0 Å². The van der Waals surface area contributed by atoms with Crippen molar-refractivity contribution in [2.45, 2.75) is 39.3 Å². The van der Waals surface area contributed by atoms with E-state index in [0.717, 1.165) is 39.0 Å². The molecule has 1 N–H and O–H groups in total. The van der Waals surface area contributed by atoms with Crippen LogP contribution in [0.2, 0.25) is 0 Å². The Balaban J connectivity index is 1.82. The summed E-state index contributed by atoms with van der Waals surface area (Å²) in [6.07, 6.45) is 2.12. The number of carboxylic acid groups (broad SMARTS) is 1. The SMILES string of the molecule is CCN(CC(=O)O)C1CCN(Cc2ccc(C)cc2)CC1. The maximum Gasteiger partial charge on any atom is 0.317 e. The van der Waals surface area contributed by atoms with Crippen LogP contribution in [-0.2, 0) is 11.3 Å². The van der Waals surface area contributed by atoms with E-state index in [0.29, 0.717) is 6.04 Å². The summed E-state index contributed by atoms with van der Waals surface area (Å²) in [7, 11) is 0. The van der Waals surface area contributed by atoms with Crippen LogP contribution >= 0.6 is 0 Å². The zero-order chi connectivity index (χ0) is 15.2. The number of aliphatic carboxylic acids is 1. The molecular formula is C17H26N2O2. The Morgan fingerprint density at radius 1 is 1.29 bits per heavy atom. The van der Waals surface area contributed by atoms with Crippen LogP contribution in [0.1, 0.15) is 30.9 Å². The van der Waals surface area contributed by atoms with Gasteiger partial charge in [0.05, 0.1) is 6.54 Å². The summed E-state index contributed by atoms with van der Waals surface area (Å²) in [4.78, 5) is 15.4. The summed E-state index contributed by atoms with van der Waals surface area (Å²) in [5.41, 5.74) is 2.65. The number of carbonyl (C=O) groups is 1. The van der Waals surface area contributed by atoms with E-state index in [9.17, 15) is 4.79 Å². The van der Waals surface area contributed by atoms with E-state index in [1.54, 1.807) is 0 Å². The van der Waals surface area contributed by atoms with Gasteiger partial charge in [-0.3, -0.25) is 14.6 Å². The molecule has 1 saturated heterocycles. The fourth-order valence-corrected chi connectivity index (χ4v) is 3.07. The fraction of sp³-hybridized carbons (Fsp3) is 0.588. The van der Waals surface area contributed by atoms with Crippen LogP contribution in [0, 0.1) is 6.92 Å². The molecule has 0 aromatic heterocycles. The number of hydrogen-bond acceptors (Lipinski definition) is 3. The van der Waals surface area contributed by atoms with Gasteiger partial charge in [0.2, 0.25) is 0 Å². The van der Waals surface area contributed by atoms with Crippen LogP contribution in [0.3, 0.4) is 0 Å². The van der Waals surface area contributed by atoms with E-state index < -0.39 is 5.97 Å². The number of piperidine rings is 1. The minimum absolute atomic E-state index is 0.166. The fourth-order valence-electron chi connectivity index (χ4n) is 3.07. The highest BCUT2D eigenvalue weighted by molar-refractivity contribution is 5.69. The molecule has 21 heavy (non-hydrogen) atoms. The lowest BCUT2D eigenvalue weighted by Crippen LogP contribution is -2.46. The number of aryl methyl sites for hydroxylation is 1. The Morgan fingerprint density at radius 3 is 2.43 bits per heavy atom. The zero-order valence-corrected chi connectivity index (χ0v) is 13.1. The minimum atomic E-state index is -0.723. The van der Waals surface area contributed by atoms with Crippen molar-refractivity contribution in [3.63, 3.8) is 0 Å². The molecule has 0 radical (unpaired) electrons. The molecule has 0 aliphatic carbocycles. The van der Waals surface area contributed by atoms with Crippen LogP contribution < -0.4 is 0 Å². The molecule has 116 valence electrons. The first kappa shape index (κ1) is 16.0. The lowest BCUT2D eigenvalue weighted by molar-refractivity contribution is -0.139. The quantitative estimate of drug-likeness (QED) is 0.873. The molecule has 0 saturated carbocycles. The van der Waals surface area contributed by atoms with Gasteiger partial charge in [0.1, 0.15) is 0 Å². The molecule has 0 atom stereocenters. The third-order valence-corrected chi connectivity index (χ3v) is 4.34. The predicted octanol–water partition coefficient (Wildman–Crippen LogP) is 2.37. The van der Waals surface area contributed by atoms with E-state index in [1.165, 1.54) is 11.1 Å². The number of hydrogen-bond donors (Lipinski definition) is 1. The van der Waals surface area contributed by atoms with E-state index in [4.69, 9.17) is 5.11 Å². The second-order valence-electron chi connectivity index (χ2n) is 5.95. The number of likely N-dealkylation sites (tertiary alicyclic amines) is 1. The maximum atomic E-state index is 10.9. The molecule has 0 bridgehead atoms. The molecule has 2 rings (SSSR count). The van der Waals surface area contributed by atoms with E-state index >= 15 is 0 Å². The molecule has 1 aromatic rings. The van der Waals surface area contributed by atoms with Gasteiger partial charge in [-0.15, -0.1) is 0 Å². The smallest absolute Gasteiger partial charge is 0.317 e. The van der Waals surface area contributed by atoms with Gasteiger partial charge in [0.25, 0.3) is 0 Å². The van der Waals surface area contributed by atoms with Crippen LogP contribution in [0.5, 0.6) is 0 Å². The molecule has 1 aliphatic heterocycles. The van der Waals surface area contributed by atoms with Crippen molar-refractivity contribution in [1.29, 1.82) is 0 Å². The number of likely N-dealkylation sites (N-methyl/N-ethyl adjacent to an activating group) is 1. The molecule has 0 unspecified atom stereocenters. The lowest BCUT2D eigenvalue weighted by atomic mass is 10.0. The highest BCUT2D eigenvalue weighted by Crippen LogP contribution is 2.18. The third-order valence-electron chi connectivity index (χ3n) is 4.34. The standard InChI is InChI=1S/C17H26N2O2/c1-3-19(13-17(20)21)16-8-10-18(11-9-16)12-15-6-4-14(2)5-7-15/h4-7,16H,3,8-13H2,1-2H3,(H,20,21). The van der Waals surface area contributed by atoms with Crippen LogP contribution in [0.25, 0.3) is 0 Å². The Labute approximate surface area is 127 Å². The van der Waals surface area contributed by atoms with E-state index in [-0.39, 0.29) is 6.54 Å². The van der Waals surface area contributed by atoms with Crippen molar-refractivity contribution in [3.05, 3.63) is 35.4 Å². The van der Waals surface area contributed by atoms with Gasteiger partial charge in [-0.2, -0.15) is 0 Å². The first-order valence-corrected chi connectivity index (χ1v) is 7.82. The largest absolute Gasteiger partial charge is 0.480 e. The molecule has 4 heteroatoms. The minimum Gasteiger partial charge on any atom is -0.480 e. The van der Waals surface area contributed by atoms with Gasteiger partial charge < -0.3 is 5.11 Å². The van der Waals surface area contributed by atoms with E-state index in [2.05, 4.69) is 41.0 Å². The Hall–Kier alpha value is -1.39. The predicted molar refractivity (Wildman–Crippen MR) is 84.4 cm³/mol. The van der Waals surface area contributed by atoms with Gasteiger partial charge in [-0.25, -0.2) is 0 Å². The maximum absolute atomic E-state index is 10.9. The van der Waals surface area contributed by atoms with Crippen molar-refractivity contribution < 1.29 is 9.90 Å². The molecule has 1 aromatic carbocycles. The van der Waals surface area contributed by atoms with Gasteiger partial charge >= 0.3 is 5.97 Å². The molecule has 1 heterocycles. The summed E-state index contributed by atoms with van der Waals surface area (Å²) >= 11 is 0. The monoisotopic (exact) mass is 290 g/mol. The number of rotatable bonds is 6. The Kier molecular flexibility index (Phi) is 5.76. The highest BCUT2D eigenvalue weighted by atomic mass is 16.4. The summed E-state index contributed by atoms with van der Waals surface area (Å²) < 4.78 is 0. The molecule has 0 spiro atoms. The normalized spacial score (nSPS) is 17.3. The van der Waals surface area contributed by atoms with Gasteiger partial charge in [0, 0.05) is 12.6 Å². The zero-order valence-electron chi connectivity index (χ0n) is 13.1. The van der Waals surface area contributed by atoms with Crippen molar-refractivity contribution in [1.82, 2.24) is 9.80 Å².